The van der Waals surface area contributed by atoms with Gasteiger partial charge in [0.15, 0.2) is 0 Å². The first-order valence-electron chi connectivity index (χ1n) is 6.01. The first-order chi connectivity index (χ1) is 9.08. The SMILES string of the molecule is Cc1cc(C)c(C(N)=S)c(OCCc2cccs2)n1. The zero-order chi connectivity index (χ0) is 13.8. The fraction of sp³-hybridized carbons (Fsp3) is 0.286. The lowest BCUT2D eigenvalue weighted by atomic mass is 10.1. The lowest BCUT2D eigenvalue weighted by Crippen LogP contribution is -2.16. The van der Waals surface area contributed by atoms with Gasteiger partial charge in [-0.25, -0.2) is 4.98 Å². The largest absolute Gasteiger partial charge is 0.477 e. The summed E-state index contributed by atoms with van der Waals surface area (Å²) in [7, 11) is 0. The van der Waals surface area contributed by atoms with E-state index in [1.54, 1.807) is 11.3 Å². The first kappa shape index (κ1) is 14.0. The number of hydrogen-bond donors (Lipinski definition) is 1. The van der Waals surface area contributed by atoms with Crippen LogP contribution in [0, 0.1) is 13.8 Å². The number of hydrogen-bond acceptors (Lipinski definition) is 4. The van der Waals surface area contributed by atoms with Crippen LogP contribution in [0.5, 0.6) is 5.88 Å². The zero-order valence-electron chi connectivity index (χ0n) is 11.0. The van der Waals surface area contributed by atoms with Gasteiger partial charge < -0.3 is 10.5 Å². The van der Waals surface area contributed by atoms with E-state index in [1.165, 1.54) is 4.88 Å². The first-order valence-corrected chi connectivity index (χ1v) is 7.30. The summed E-state index contributed by atoms with van der Waals surface area (Å²) in [6.45, 7) is 4.48. The molecule has 2 heterocycles. The minimum absolute atomic E-state index is 0.330. The van der Waals surface area contributed by atoms with Crippen molar-refractivity contribution >= 4 is 28.5 Å². The number of aromatic nitrogens is 1. The highest BCUT2D eigenvalue weighted by Crippen LogP contribution is 2.21. The van der Waals surface area contributed by atoms with Crippen LogP contribution >= 0.6 is 23.6 Å². The molecule has 0 radical (unpaired) electrons. The molecule has 2 aromatic rings. The van der Waals surface area contributed by atoms with Crippen molar-refractivity contribution in [1.82, 2.24) is 4.98 Å². The van der Waals surface area contributed by atoms with Crippen LogP contribution in [-0.4, -0.2) is 16.6 Å². The number of thiophene rings is 1. The molecule has 0 bridgehead atoms. The number of pyridine rings is 1. The van der Waals surface area contributed by atoms with Crippen molar-refractivity contribution in [1.29, 1.82) is 0 Å². The maximum absolute atomic E-state index is 5.76. The molecule has 5 heteroatoms. The quantitative estimate of drug-likeness (QED) is 0.861. The molecular formula is C14H16N2OS2. The molecule has 0 unspecified atom stereocenters. The Hall–Kier alpha value is -1.46. The van der Waals surface area contributed by atoms with Gasteiger partial charge in [0, 0.05) is 17.0 Å². The number of nitrogens with zero attached hydrogens (tertiary/aromatic N) is 1. The fourth-order valence-electron chi connectivity index (χ4n) is 1.91. The van der Waals surface area contributed by atoms with E-state index in [0.717, 1.165) is 23.2 Å². The van der Waals surface area contributed by atoms with Crippen LogP contribution in [0.1, 0.15) is 21.7 Å². The molecule has 0 amide bonds. The average Bonchev–Trinajstić information content (AvgIpc) is 2.80. The van der Waals surface area contributed by atoms with Gasteiger partial charge in [0.1, 0.15) is 4.99 Å². The Labute approximate surface area is 122 Å². The molecule has 19 heavy (non-hydrogen) atoms. The van der Waals surface area contributed by atoms with Gasteiger partial charge in [0.25, 0.3) is 0 Å². The van der Waals surface area contributed by atoms with Gasteiger partial charge in [-0.3, -0.25) is 0 Å². The highest BCUT2D eigenvalue weighted by Gasteiger charge is 2.12. The van der Waals surface area contributed by atoms with Crippen LogP contribution in [0.4, 0.5) is 0 Å². The minimum Gasteiger partial charge on any atom is -0.477 e. The average molecular weight is 292 g/mol. The summed E-state index contributed by atoms with van der Waals surface area (Å²) in [5.74, 6) is 0.543. The third kappa shape index (κ3) is 3.52. The Morgan fingerprint density at radius 3 is 2.89 bits per heavy atom. The van der Waals surface area contributed by atoms with Gasteiger partial charge in [-0.05, 0) is 36.9 Å². The van der Waals surface area contributed by atoms with Gasteiger partial charge in [0.05, 0.1) is 12.2 Å². The van der Waals surface area contributed by atoms with Crippen molar-refractivity contribution in [2.75, 3.05) is 6.61 Å². The molecular weight excluding hydrogens is 276 g/mol. The summed E-state index contributed by atoms with van der Waals surface area (Å²) in [4.78, 5) is 6.01. The van der Waals surface area contributed by atoms with Crippen molar-refractivity contribution in [3.8, 4) is 5.88 Å². The van der Waals surface area contributed by atoms with E-state index < -0.39 is 0 Å². The highest BCUT2D eigenvalue weighted by atomic mass is 32.1. The Morgan fingerprint density at radius 2 is 2.26 bits per heavy atom. The number of rotatable bonds is 5. The third-order valence-electron chi connectivity index (χ3n) is 2.73. The second-order valence-corrected chi connectivity index (χ2v) is 5.77. The number of nitrogens with two attached hydrogens (primary N) is 1. The molecule has 0 saturated carbocycles. The minimum atomic E-state index is 0.330. The topological polar surface area (TPSA) is 48.1 Å². The Morgan fingerprint density at radius 1 is 1.47 bits per heavy atom. The molecule has 0 saturated heterocycles. The molecule has 0 aliphatic rings. The van der Waals surface area contributed by atoms with E-state index in [-0.39, 0.29) is 0 Å². The number of aryl methyl sites for hydroxylation is 2. The van der Waals surface area contributed by atoms with E-state index >= 15 is 0 Å². The molecule has 0 fully saturated rings. The van der Waals surface area contributed by atoms with Crippen molar-refractivity contribution in [2.24, 2.45) is 5.73 Å². The third-order valence-corrected chi connectivity index (χ3v) is 3.87. The zero-order valence-corrected chi connectivity index (χ0v) is 12.6. The Kier molecular flexibility index (Phi) is 4.50. The number of ether oxygens (including phenoxy) is 1. The predicted molar refractivity (Wildman–Crippen MR) is 83.1 cm³/mol. The van der Waals surface area contributed by atoms with Crippen LogP contribution in [0.25, 0.3) is 0 Å². The van der Waals surface area contributed by atoms with Gasteiger partial charge in [-0.1, -0.05) is 18.3 Å². The van der Waals surface area contributed by atoms with E-state index in [0.29, 0.717) is 17.5 Å². The van der Waals surface area contributed by atoms with Crippen LogP contribution in [0.2, 0.25) is 0 Å². The van der Waals surface area contributed by atoms with E-state index in [2.05, 4.69) is 16.4 Å². The lowest BCUT2D eigenvalue weighted by molar-refractivity contribution is 0.309. The molecule has 2 aromatic heterocycles. The maximum Gasteiger partial charge on any atom is 0.224 e. The number of thiocarbonyl (C=S) groups is 1. The smallest absolute Gasteiger partial charge is 0.224 e. The van der Waals surface area contributed by atoms with Crippen LogP contribution in [0.15, 0.2) is 23.6 Å². The molecule has 0 aromatic carbocycles. The molecule has 100 valence electrons. The van der Waals surface area contributed by atoms with Crippen molar-refractivity contribution < 1.29 is 4.74 Å². The highest BCUT2D eigenvalue weighted by molar-refractivity contribution is 7.80. The summed E-state index contributed by atoms with van der Waals surface area (Å²) >= 11 is 6.79. The molecule has 2 rings (SSSR count). The van der Waals surface area contributed by atoms with E-state index in [4.69, 9.17) is 22.7 Å². The van der Waals surface area contributed by atoms with Crippen molar-refractivity contribution in [2.45, 2.75) is 20.3 Å². The van der Waals surface area contributed by atoms with E-state index in [1.807, 2.05) is 26.0 Å². The Balaban J connectivity index is 2.12. The molecule has 0 spiro atoms. The van der Waals surface area contributed by atoms with Gasteiger partial charge in [-0.2, -0.15) is 0 Å². The molecule has 3 nitrogen and oxygen atoms in total. The Bertz CT molecular complexity index is 579. The van der Waals surface area contributed by atoms with Crippen molar-refractivity contribution in [3.05, 3.63) is 45.3 Å². The second-order valence-electron chi connectivity index (χ2n) is 4.30. The summed E-state index contributed by atoms with van der Waals surface area (Å²) in [6, 6.07) is 6.09. The van der Waals surface area contributed by atoms with Gasteiger partial charge >= 0.3 is 0 Å². The standard InChI is InChI=1S/C14H16N2OS2/c1-9-8-10(2)16-14(12(9)13(15)18)17-6-5-11-4-3-7-19-11/h3-4,7-8H,5-6H2,1-2H3,(H2,15,18). The monoisotopic (exact) mass is 292 g/mol. The summed E-state index contributed by atoms with van der Waals surface area (Å²) in [5, 5.41) is 2.06. The normalized spacial score (nSPS) is 10.4. The molecule has 2 N–H and O–H groups in total. The molecule has 0 aliphatic carbocycles. The van der Waals surface area contributed by atoms with Gasteiger partial charge in [-0.15, -0.1) is 11.3 Å². The van der Waals surface area contributed by atoms with Crippen LogP contribution in [-0.2, 0) is 6.42 Å². The van der Waals surface area contributed by atoms with Crippen LogP contribution < -0.4 is 10.5 Å². The van der Waals surface area contributed by atoms with E-state index in [9.17, 15) is 0 Å². The fourth-order valence-corrected chi connectivity index (χ4v) is 2.85. The van der Waals surface area contributed by atoms with Crippen molar-refractivity contribution in [3.63, 3.8) is 0 Å². The van der Waals surface area contributed by atoms with Crippen LogP contribution in [0.3, 0.4) is 0 Å². The molecule has 0 atom stereocenters. The predicted octanol–water partition coefficient (Wildman–Crippen LogP) is 3.02. The molecule has 0 aliphatic heterocycles. The second kappa shape index (κ2) is 6.12. The van der Waals surface area contributed by atoms with Gasteiger partial charge in [0.2, 0.25) is 5.88 Å². The lowest BCUT2D eigenvalue weighted by Gasteiger charge is -2.12. The summed E-state index contributed by atoms with van der Waals surface area (Å²) < 4.78 is 5.76. The maximum atomic E-state index is 5.76. The summed E-state index contributed by atoms with van der Waals surface area (Å²) in [6.07, 6.45) is 0.864. The summed E-state index contributed by atoms with van der Waals surface area (Å²) in [5.41, 5.74) is 8.40.